The van der Waals surface area contributed by atoms with Gasteiger partial charge in [0, 0.05) is 19.5 Å². The number of carbonyl (C=O) groups is 1. The molecule has 0 atom stereocenters. The van der Waals surface area contributed by atoms with E-state index in [1.807, 2.05) is 0 Å². The highest BCUT2D eigenvalue weighted by Crippen LogP contribution is 2.07. The van der Waals surface area contributed by atoms with Crippen molar-refractivity contribution < 1.29 is 4.79 Å². The molecule has 0 aliphatic rings. The van der Waals surface area contributed by atoms with Crippen LogP contribution in [0, 0.1) is 5.92 Å². The monoisotopic (exact) mass is 229 g/mol. The molecule has 0 aliphatic carbocycles. The van der Waals surface area contributed by atoms with Crippen molar-refractivity contribution in [2.45, 2.75) is 47.0 Å². The summed E-state index contributed by atoms with van der Waals surface area (Å²) in [7, 11) is 0. The molecule has 0 N–H and O–H groups in total. The van der Waals surface area contributed by atoms with Crippen LogP contribution in [-0.2, 0) is 4.79 Å². The number of Topliss-reactive ketones (excluding diaryl/α,β-unsaturated/α-hetero) is 1. The van der Waals surface area contributed by atoms with Crippen LogP contribution in [0.3, 0.4) is 0 Å². The second-order valence-electron chi connectivity index (χ2n) is 4.21. The molecule has 0 fully saturated rings. The van der Waals surface area contributed by atoms with Crippen LogP contribution < -0.4 is 0 Å². The summed E-state index contributed by atoms with van der Waals surface area (Å²) in [5.41, 5.74) is 0. The van der Waals surface area contributed by atoms with E-state index in [-0.39, 0.29) is 5.78 Å². The van der Waals surface area contributed by atoms with Gasteiger partial charge in [-0.2, -0.15) is 0 Å². The lowest BCUT2D eigenvalue weighted by atomic mass is 10.0. The Bertz CT molecular complexity index is 210. The van der Waals surface area contributed by atoms with Gasteiger partial charge in [0.15, 0.2) is 0 Å². The number of hydrogen-bond donors (Lipinski definition) is 0. The molecule has 0 saturated heterocycles. The van der Waals surface area contributed by atoms with Crippen LogP contribution in [0.2, 0.25) is 0 Å². The number of nitrogens with zero attached hydrogens (tertiary/aromatic N) is 1. The van der Waals surface area contributed by atoms with Gasteiger partial charge in [-0.25, -0.2) is 0 Å². The molecule has 0 saturated carbocycles. The molecule has 0 heterocycles. The molecule has 0 rings (SSSR count). The van der Waals surface area contributed by atoms with E-state index in [1.54, 1.807) is 0 Å². The second kappa shape index (κ2) is 7.80. The molecule has 3 heteroatoms. The van der Waals surface area contributed by atoms with Crippen LogP contribution in [0.15, 0.2) is 0 Å². The van der Waals surface area contributed by atoms with Crippen molar-refractivity contribution in [2.75, 3.05) is 13.1 Å². The van der Waals surface area contributed by atoms with E-state index in [0.717, 1.165) is 24.5 Å². The number of hydrogen-bond acceptors (Lipinski definition) is 2. The van der Waals surface area contributed by atoms with Gasteiger partial charge in [-0.05, 0) is 26.2 Å². The van der Waals surface area contributed by atoms with Crippen LogP contribution in [0.25, 0.3) is 0 Å². The van der Waals surface area contributed by atoms with Crippen LogP contribution in [0.5, 0.6) is 0 Å². The number of thiocarbonyl (C=S) groups is 1. The van der Waals surface area contributed by atoms with Crippen molar-refractivity contribution in [3.05, 3.63) is 0 Å². The fourth-order valence-electron chi connectivity index (χ4n) is 1.39. The summed E-state index contributed by atoms with van der Waals surface area (Å²) in [4.78, 5) is 14.5. The number of ketones is 1. The topological polar surface area (TPSA) is 20.3 Å². The van der Waals surface area contributed by atoms with Crippen molar-refractivity contribution in [3.8, 4) is 0 Å². The van der Waals surface area contributed by atoms with E-state index in [4.69, 9.17) is 12.2 Å². The highest BCUT2D eigenvalue weighted by molar-refractivity contribution is 7.80. The molecule has 0 unspecified atom stereocenters. The van der Waals surface area contributed by atoms with E-state index in [2.05, 4.69) is 32.6 Å². The minimum atomic E-state index is 0.278. The van der Waals surface area contributed by atoms with Crippen molar-refractivity contribution in [1.82, 2.24) is 4.90 Å². The Hall–Kier alpha value is -0.440. The smallest absolute Gasteiger partial charge is 0.139 e. The van der Waals surface area contributed by atoms with Gasteiger partial charge in [0.1, 0.15) is 5.78 Å². The summed E-state index contributed by atoms with van der Waals surface area (Å²) in [6.07, 6.45) is 2.09. The van der Waals surface area contributed by atoms with Gasteiger partial charge in [0.25, 0.3) is 0 Å². The zero-order valence-corrected chi connectivity index (χ0v) is 11.2. The third kappa shape index (κ3) is 6.61. The average molecular weight is 229 g/mol. The first-order valence-corrected chi connectivity index (χ1v) is 6.21. The van der Waals surface area contributed by atoms with Crippen LogP contribution in [0.1, 0.15) is 47.0 Å². The van der Waals surface area contributed by atoms with Gasteiger partial charge in [0.05, 0.1) is 11.4 Å². The van der Waals surface area contributed by atoms with E-state index in [0.29, 0.717) is 18.8 Å². The molecule has 0 aromatic rings. The first-order valence-electron chi connectivity index (χ1n) is 5.80. The van der Waals surface area contributed by atoms with Gasteiger partial charge in [0.2, 0.25) is 0 Å². The van der Waals surface area contributed by atoms with Crippen molar-refractivity contribution in [1.29, 1.82) is 0 Å². The van der Waals surface area contributed by atoms with Gasteiger partial charge in [-0.1, -0.05) is 26.1 Å². The Morgan fingerprint density at radius 1 is 1.27 bits per heavy atom. The Balaban J connectivity index is 3.90. The molecule has 0 aromatic heterocycles. The summed E-state index contributed by atoms with van der Waals surface area (Å²) < 4.78 is 0. The standard InChI is InChI=1S/C12H23NOS/c1-5-13(6-2)12(15)9-11(14)8-7-10(3)4/h10H,5-9H2,1-4H3. The molecule has 0 radical (unpaired) electrons. The van der Waals surface area contributed by atoms with E-state index < -0.39 is 0 Å². The Morgan fingerprint density at radius 2 is 1.80 bits per heavy atom. The normalized spacial score (nSPS) is 10.5. The van der Waals surface area contributed by atoms with Crippen LogP contribution >= 0.6 is 12.2 Å². The molecule has 0 bridgehead atoms. The minimum Gasteiger partial charge on any atom is -0.366 e. The quantitative estimate of drug-likeness (QED) is 0.626. The van der Waals surface area contributed by atoms with E-state index in [9.17, 15) is 4.79 Å². The first kappa shape index (κ1) is 14.6. The number of rotatable bonds is 7. The maximum absolute atomic E-state index is 11.6. The molecule has 88 valence electrons. The maximum Gasteiger partial charge on any atom is 0.139 e. The largest absolute Gasteiger partial charge is 0.366 e. The SMILES string of the molecule is CCN(CC)C(=S)CC(=O)CCC(C)C. The predicted octanol–water partition coefficient (Wildman–Crippen LogP) is 3.05. The summed E-state index contributed by atoms with van der Waals surface area (Å²) in [5.74, 6) is 0.872. The Labute approximate surface area is 99.0 Å². The number of carbonyl (C=O) groups excluding carboxylic acids is 1. The van der Waals surface area contributed by atoms with Gasteiger partial charge in [-0.15, -0.1) is 0 Å². The van der Waals surface area contributed by atoms with Crippen molar-refractivity contribution in [2.24, 2.45) is 5.92 Å². The lowest BCUT2D eigenvalue weighted by Gasteiger charge is -2.21. The van der Waals surface area contributed by atoms with E-state index >= 15 is 0 Å². The Kier molecular flexibility index (Phi) is 7.57. The highest BCUT2D eigenvalue weighted by atomic mass is 32.1. The molecule has 0 spiro atoms. The van der Waals surface area contributed by atoms with Crippen molar-refractivity contribution >= 4 is 23.0 Å². The minimum absolute atomic E-state index is 0.278. The average Bonchev–Trinajstić information content (AvgIpc) is 2.16. The van der Waals surface area contributed by atoms with Gasteiger partial charge in [-0.3, -0.25) is 4.79 Å². The van der Waals surface area contributed by atoms with E-state index in [1.165, 1.54) is 0 Å². The Morgan fingerprint density at radius 3 is 2.20 bits per heavy atom. The third-order valence-corrected chi connectivity index (χ3v) is 2.87. The lowest BCUT2D eigenvalue weighted by Crippen LogP contribution is -2.30. The second-order valence-corrected chi connectivity index (χ2v) is 4.69. The van der Waals surface area contributed by atoms with Crippen LogP contribution in [-0.4, -0.2) is 28.8 Å². The summed E-state index contributed by atoms with van der Waals surface area (Å²) >= 11 is 5.23. The third-order valence-electron chi connectivity index (χ3n) is 2.47. The predicted molar refractivity (Wildman–Crippen MR) is 69.2 cm³/mol. The lowest BCUT2D eigenvalue weighted by molar-refractivity contribution is -0.118. The zero-order chi connectivity index (χ0) is 11.8. The molecular weight excluding hydrogens is 206 g/mol. The maximum atomic E-state index is 11.6. The fraction of sp³-hybridized carbons (Fsp3) is 0.833. The molecule has 2 nitrogen and oxygen atoms in total. The van der Waals surface area contributed by atoms with Crippen molar-refractivity contribution in [3.63, 3.8) is 0 Å². The first-order chi connectivity index (χ1) is 7.01. The molecule has 15 heavy (non-hydrogen) atoms. The molecular formula is C12H23NOS. The molecule has 0 aliphatic heterocycles. The zero-order valence-electron chi connectivity index (χ0n) is 10.4. The van der Waals surface area contributed by atoms with Gasteiger partial charge < -0.3 is 4.90 Å². The molecule has 0 aromatic carbocycles. The summed E-state index contributed by atoms with van der Waals surface area (Å²) in [6.45, 7) is 10.2. The molecule has 0 amide bonds. The highest BCUT2D eigenvalue weighted by Gasteiger charge is 2.11. The summed E-state index contributed by atoms with van der Waals surface area (Å²) in [5, 5.41) is 0. The summed E-state index contributed by atoms with van der Waals surface area (Å²) in [6, 6.07) is 0. The fourth-order valence-corrected chi connectivity index (χ4v) is 1.81. The van der Waals surface area contributed by atoms with Crippen LogP contribution in [0.4, 0.5) is 0 Å². The van der Waals surface area contributed by atoms with Gasteiger partial charge >= 0.3 is 0 Å².